The molecule has 0 spiro atoms. The summed E-state index contributed by atoms with van der Waals surface area (Å²) in [5.74, 6) is 0.990. The highest BCUT2D eigenvalue weighted by atomic mass is 16.2. The van der Waals surface area contributed by atoms with Gasteiger partial charge >= 0.3 is 0 Å². The fraction of sp³-hybridized carbons (Fsp3) is 0.944. The molecule has 0 aromatic heterocycles. The van der Waals surface area contributed by atoms with Gasteiger partial charge in [-0.2, -0.15) is 0 Å². The van der Waals surface area contributed by atoms with Gasteiger partial charge in [0.1, 0.15) is 0 Å². The molecule has 120 valence electrons. The number of amides is 1. The largest absolute Gasteiger partial charge is 0.350 e. The van der Waals surface area contributed by atoms with Gasteiger partial charge in [0.15, 0.2) is 0 Å². The summed E-state index contributed by atoms with van der Waals surface area (Å²) in [5.41, 5.74) is 6.39. The summed E-state index contributed by atoms with van der Waals surface area (Å²) in [6.07, 6.45) is 8.41. The fourth-order valence-electron chi connectivity index (χ4n) is 6.38. The number of carbonyl (C=O) groups excluding carboxylic acids is 1. The van der Waals surface area contributed by atoms with E-state index >= 15 is 0 Å². The first-order chi connectivity index (χ1) is 9.66. The Kier molecular flexibility index (Phi) is 3.26. The second kappa shape index (κ2) is 4.47. The smallest absolute Gasteiger partial charge is 0.227 e. The van der Waals surface area contributed by atoms with E-state index in [0.29, 0.717) is 17.4 Å². The van der Waals surface area contributed by atoms with Crippen molar-refractivity contribution in [2.75, 3.05) is 6.54 Å². The molecule has 4 aliphatic carbocycles. The van der Waals surface area contributed by atoms with E-state index in [2.05, 4.69) is 26.1 Å². The predicted octanol–water partition coefficient (Wildman–Crippen LogP) is 3.23. The lowest BCUT2D eigenvalue weighted by atomic mass is 9.42. The zero-order valence-electron chi connectivity index (χ0n) is 14.2. The standard InChI is InChI=1S/C18H32N2O/c1-5-17(4,12-19)14(21)20-18-8-13-6-15(2,10-18)9-16(3,7-13)11-18/h13H,5-12,19H2,1-4H3,(H,20,21). The molecule has 3 atom stereocenters. The molecule has 4 fully saturated rings. The van der Waals surface area contributed by atoms with Gasteiger partial charge in [-0.1, -0.05) is 20.8 Å². The molecule has 0 aliphatic heterocycles. The van der Waals surface area contributed by atoms with E-state index in [1.807, 2.05) is 6.92 Å². The van der Waals surface area contributed by atoms with E-state index in [1.165, 1.54) is 38.5 Å². The second-order valence-corrected chi connectivity index (χ2v) is 9.48. The van der Waals surface area contributed by atoms with E-state index in [9.17, 15) is 4.79 Å². The summed E-state index contributed by atoms with van der Waals surface area (Å²) in [6.45, 7) is 9.39. The van der Waals surface area contributed by atoms with Crippen molar-refractivity contribution in [1.29, 1.82) is 0 Å². The monoisotopic (exact) mass is 292 g/mol. The highest BCUT2D eigenvalue weighted by molar-refractivity contribution is 5.83. The molecule has 4 aliphatic rings. The van der Waals surface area contributed by atoms with E-state index in [1.54, 1.807) is 0 Å². The molecule has 0 radical (unpaired) electrons. The van der Waals surface area contributed by atoms with Crippen molar-refractivity contribution >= 4 is 5.91 Å². The molecule has 0 heterocycles. The van der Waals surface area contributed by atoms with Crippen LogP contribution in [0.4, 0.5) is 0 Å². The molecular weight excluding hydrogens is 260 g/mol. The number of hydrogen-bond acceptors (Lipinski definition) is 2. The Morgan fingerprint density at radius 1 is 1.19 bits per heavy atom. The minimum absolute atomic E-state index is 0.0472. The van der Waals surface area contributed by atoms with Crippen LogP contribution in [0.15, 0.2) is 0 Å². The van der Waals surface area contributed by atoms with Gasteiger partial charge in [0.2, 0.25) is 5.91 Å². The van der Waals surface area contributed by atoms with Crippen LogP contribution in [0.1, 0.15) is 72.6 Å². The maximum atomic E-state index is 12.8. The third-order valence-corrected chi connectivity index (χ3v) is 6.78. The molecule has 3 N–H and O–H groups in total. The number of carbonyl (C=O) groups is 1. The number of nitrogens with one attached hydrogen (secondary N) is 1. The summed E-state index contributed by atoms with van der Waals surface area (Å²) in [4.78, 5) is 12.8. The van der Waals surface area contributed by atoms with Gasteiger partial charge in [-0.25, -0.2) is 0 Å². The zero-order valence-corrected chi connectivity index (χ0v) is 14.2. The Bertz CT molecular complexity index is 436. The van der Waals surface area contributed by atoms with Gasteiger partial charge in [-0.05, 0) is 68.6 Å². The Morgan fingerprint density at radius 2 is 1.76 bits per heavy atom. The fourth-order valence-corrected chi connectivity index (χ4v) is 6.38. The molecule has 3 heteroatoms. The van der Waals surface area contributed by atoms with Crippen LogP contribution in [0.25, 0.3) is 0 Å². The first-order valence-corrected chi connectivity index (χ1v) is 8.68. The topological polar surface area (TPSA) is 55.1 Å². The zero-order chi connectivity index (χ0) is 15.5. The molecule has 4 bridgehead atoms. The first-order valence-electron chi connectivity index (χ1n) is 8.68. The van der Waals surface area contributed by atoms with Crippen LogP contribution >= 0.6 is 0 Å². The van der Waals surface area contributed by atoms with Gasteiger partial charge in [-0.15, -0.1) is 0 Å². The quantitative estimate of drug-likeness (QED) is 0.836. The average Bonchev–Trinajstić information content (AvgIpc) is 2.32. The van der Waals surface area contributed by atoms with Crippen molar-refractivity contribution in [1.82, 2.24) is 5.32 Å². The predicted molar refractivity (Wildman–Crippen MR) is 85.7 cm³/mol. The normalized spacial score (nSPS) is 47.2. The summed E-state index contributed by atoms with van der Waals surface area (Å²) < 4.78 is 0. The molecule has 0 aromatic carbocycles. The Balaban J connectivity index is 1.84. The van der Waals surface area contributed by atoms with E-state index < -0.39 is 5.41 Å². The van der Waals surface area contributed by atoms with Crippen molar-refractivity contribution < 1.29 is 4.79 Å². The van der Waals surface area contributed by atoms with Crippen molar-refractivity contribution in [2.24, 2.45) is 27.9 Å². The van der Waals surface area contributed by atoms with Crippen LogP contribution in [0, 0.1) is 22.2 Å². The van der Waals surface area contributed by atoms with Crippen molar-refractivity contribution in [2.45, 2.75) is 78.2 Å². The molecule has 4 rings (SSSR count). The minimum Gasteiger partial charge on any atom is -0.350 e. The highest BCUT2D eigenvalue weighted by Gasteiger charge is 2.60. The van der Waals surface area contributed by atoms with Crippen molar-refractivity contribution in [3.8, 4) is 0 Å². The number of rotatable bonds is 4. The molecular formula is C18H32N2O. The molecule has 3 unspecified atom stereocenters. The lowest BCUT2D eigenvalue weighted by molar-refractivity contribution is -0.146. The SMILES string of the molecule is CCC(C)(CN)C(=O)NC12CC3CC(C)(CC(C)(C3)C1)C2. The molecule has 3 nitrogen and oxygen atoms in total. The van der Waals surface area contributed by atoms with Crippen molar-refractivity contribution in [3.05, 3.63) is 0 Å². The Labute approximate surface area is 129 Å². The molecule has 0 aromatic rings. The minimum atomic E-state index is -0.412. The maximum absolute atomic E-state index is 12.8. The Morgan fingerprint density at radius 3 is 2.19 bits per heavy atom. The van der Waals surface area contributed by atoms with E-state index in [0.717, 1.165) is 12.3 Å². The maximum Gasteiger partial charge on any atom is 0.227 e. The highest BCUT2D eigenvalue weighted by Crippen LogP contribution is 2.66. The molecule has 21 heavy (non-hydrogen) atoms. The van der Waals surface area contributed by atoms with Crippen LogP contribution in [0.2, 0.25) is 0 Å². The van der Waals surface area contributed by atoms with E-state index in [4.69, 9.17) is 5.73 Å². The third-order valence-electron chi connectivity index (χ3n) is 6.78. The van der Waals surface area contributed by atoms with Gasteiger partial charge in [0.05, 0.1) is 5.41 Å². The van der Waals surface area contributed by atoms with Crippen LogP contribution in [-0.4, -0.2) is 18.0 Å². The molecule has 4 saturated carbocycles. The van der Waals surface area contributed by atoms with E-state index in [-0.39, 0.29) is 11.4 Å². The second-order valence-electron chi connectivity index (χ2n) is 9.48. The van der Waals surface area contributed by atoms with Crippen LogP contribution in [0.5, 0.6) is 0 Å². The third kappa shape index (κ3) is 2.42. The van der Waals surface area contributed by atoms with Crippen LogP contribution in [0.3, 0.4) is 0 Å². The number of hydrogen-bond donors (Lipinski definition) is 2. The van der Waals surface area contributed by atoms with Gasteiger partial charge in [-0.3, -0.25) is 4.79 Å². The summed E-state index contributed by atoms with van der Waals surface area (Å²) in [6, 6.07) is 0. The number of nitrogens with two attached hydrogens (primary N) is 1. The van der Waals surface area contributed by atoms with Crippen LogP contribution in [-0.2, 0) is 4.79 Å². The summed E-state index contributed by atoms with van der Waals surface area (Å²) in [5, 5.41) is 3.50. The molecule has 0 saturated heterocycles. The molecule has 1 amide bonds. The van der Waals surface area contributed by atoms with Gasteiger partial charge in [0.25, 0.3) is 0 Å². The van der Waals surface area contributed by atoms with Gasteiger partial charge in [0, 0.05) is 12.1 Å². The Hall–Kier alpha value is -0.570. The summed E-state index contributed by atoms with van der Waals surface area (Å²) >= 11 is 0. The average molecular weight is 292 g/mol. The summed E-state index contributed by atoms with van der Waals surface area (Å²) in [7, 11) is 0. The first kappa shape index (κ1) is 15.3. The van der Waals surface area contributed by atoms with Gasteiger partial charge < -0.3 is 11.1 Å². The van der Waals surface area contributed by atoms with Crippen molar-refractivity contribution in [3.63, 3.8) is 0 Å². The lowest BCUT2D eigenvalue weighted by Crippen LogP contribution is -2.66. The lowest BCUT2D eigenvalue weighted by Gasteiger charge is -2.65. The van der Waals surface area contributed by atoms with Crippen LogP contribution < -0.4 is 11.1 Å².